The minimum absolute atomic E-state index is 0. The Labute approximate surface area is 172 Å². The predicted octanol–water partition coefficient (Wildman–Crippen LogP) is 3.38. The second kappa shape index (κ2) is 8.81. The van der Waals surface area contributed by atoms with E-state index >= 15 is 0 Å². The van der Waals surface area contributed by atoms with Crippen molar-refractivity contribution in [1.82, 2.24) is 25.0 Å². The van der Waals surface area contributed by atoms with Gasteiger partial charge in [0.05, 0.1) is 10.6 Å². The van der Waals surface area contributed by atoms with E-state index in [1.165, 1.54) is 23.5 Å². The summed E-state index contributed by atoms with van der Waals surface area (Å²) in [6.45, 7) is 1.47. The first-order valence-corrected chi connectivity index (χ1v) is 9.78. The Morgan fingerprint density at radius 1 is 1.32 bits per heavy atom. The predicted molar refractivity (Wildman–Crippen MR) is 110 cm³/mol. The average Bonchev–Trinajstić information content (AvgIpc) is 3.42. The van der Waals surface area contributed by atoms with Crippen LogP contribution in [0.3, 0.4) is 0 Å². The number of carbonyl (C=O) groups excluding carboxylic acids is 1. The smallest absolute Gasteiger partial charge is 0.293 e. The lowest BCUT2D eigenvalue weighted by Crippen LogP contribution is -2.41. The molecule has 1 aliphatic heterocycles. The summed E-state index contributed by atoms with van der Waals surface area (Å²) < 4.78 is 14.9. The Kier molecular flexibility index (Phi) is 6.43. The maximum absolute atomic E-state index is 13.3. The van der Waals surface area contributed by atoms with Gasteiger partial charge in [-0.3, -0.25) is 4.79 Å². The van der Waals surface area contributed by atoms with Gasteiger partial charge in [-0.05, 0) is 55.6 Å². The summed E-state index contributed by atoms with van der Waals surface area (Å²) in [5.41, 5.74) is 0.666. The third kappa shape index (κ3) is 3.94. The number of benzene rings is 1. The maximum Gasteiger partial charge on any atom is 0.293 e. The van der Waals surface area contributed by atoms with E-state index in [2.05, 4.69) is 15.4 Å². The van der Waals surface area contributed by atoms with E-state index in [9.17, 15) is 9.18 Å². The molecule has 9 heteroatoms. The molecule has 1 fully saturated rings. The van der Waals surface area contributed by atoms with Crippen LogP contribution in [0.4, 0.5) is 4.39 Å². The van der Waals surface area contributed by atoms with Gasteiger partial charge < -0.3 is 10.2 Å². The standard InChI is InChI=1S/C19H20FN5OS.ClH/c1-21-12-15-4-2-10-24(15)19(26)17-22-18(16-5-3-11-27-16)25(23-17)14-8-6-13(20)7-9-14;/h3,5-9,11,15,21H,2,4,10,12H2,1H3;1H. The molecular formula is C19H21ClFN5OS. The van der Waals surface area contributed by atoms with Crippen molar-refractivity contribution in [3.05, 3.63) is 53.4 Å². The van der Waals surface area contributed by atoms with Crippen LogP contribution in [0.2, 0.25) is 0 Å². The van der Waals surface area contributed by atoms with E-state index in [0.29, 0.717) is 18.1 Å². The maximum atomic E-state index is 13.3. The Balaban J connectivity index is 0.00000225. The lowest BCUT2D eigenvalue weighted by molar-refractivity contribution is 0.0724. The highest BCUT2D eigenvalue weighted by atomic mass is 35.5. The van der Waals surface area contributed by atoms with Gasteiger partial charge in [-0.2, -0.15) is 0 Å². The van der Waals surface area contributed by atoms with E-state index in [4.69, 9.17) is 0 Å². The molecule has 0 aliphatic carbocycles. The van der Waals surface area contributed by atoms with Gasteiger partial charge in [0.2, 0.25) is 5.82 Å². The minimum Gasteiger partial charge on any atom is -0.332 e. The molecule has 6 nitrogen and oxygen atoms in total. The van der Waals surface area contributed by atoms with Crippen LogP contribution in [0.25, 0.3) is 16.4 Å². The topological polar surface area (TPSA) is 63.1 Å². The van der Waals surface area contributed by atoms with E-state index in [0.717, 1.165) is 24.3 Å². The molecule has 1 aliphatic rings. The van der Waals surface area contributed by atoms with Crippen molar-refractivity contribution in [1.29, 1.82) is 0 Å². The van der Waals surface area contributed by atoms with Crippen molar-refractivity contribution < 1.29 is 9.18 Å². The number of carbonyl (C=O) groups is 1. The van der Waals surface area contributed by atoms with Crippen LogP contribution in [-0.2, 0) is 0 Å². The quantitative estimate of drug-likeness (QED) is 0.686. The van der Waals surface area contributed by atoms with Crippen molar-refractivity contribution in [2.45, 2.75) is 18.9 Å². The molecule has 0 bridgehead atoms. The molecule has 1 aromatic carbocycles. The largest absolute Gasteiger partial charge is 0.332 e. The van der Waals surface area contributed by atoms with Gasteiger partial charge in [-0.25, -0.2) is 14.1 Å². The van der Waals surface area contributed by atoms with Gasteiger partial charge in [0.25, 0.3) is 5.91 Å². The summed E-state index contributed by atoms with van der Waals surface area (Å²) in [7, 11) is 1.89. The first kappa shape index (κ1) is 20.4. The molecule has 148 valence electrons. The molecule has 28 heavy (non-hydrogen) atoms. The van der Waals surface area contributed by atoms with Gasteiger partial charge >= 0.3 is 0 Å². The Hall–Kier alpha value is -2.29. The Morgan fingerprint density at radius 2 is 2.11 bits per heavy atom. The summed E-state index contributed by atoms with van der Waals surface area (Å²) in [5, 5.41) is 9.57. The van der Waals surface area contributed by atoms with E-state index < -0.39 is 0 Å². The van der Waals surface area contributed by atoms with Crippen LogP contribution >= 0.6 is 23.7 Å². The lowest BCUT2D eigenvalue weighted by atomic mass is 10.2. The highest BCUT2D eigenvalue weighted by Crippen LogP contribution is 2.27. The molecule has 3 heterocycles. The number of hydrogen-bond donors (Lipinski definition) is 1. The minimum atomic E-state index is -0.320. The number of aromatic nitrogens is 3. The molecule has 2 aromatic heterocycles. The monoisotopic (exact) mass is 421 g/mol. The van der Waals surface area contributed by atoms with Crippen molar-refractivity contribution in [3.63, 3.8) is 0 Å². The van der Waals surface area contributed by atoms with E-state index in [1.807, 2.05) is 29.5 Å². The molecule has 0 saturated carbocycles. The SMILES string of the molecule is CNCC1CCCN1C(=O)c1nc(-c2cccs2)n(-c2ccc(F)cc2)n1.Cl. The molecule has 4 rings (SSSR count). The van der Waals surface area contributed by atoms with Crippen LogP contribution < -0.4 is 5.32 Å². The molecule has 1 amide bonds. The second-order valence-corrected chi connectivity index (χ2v) is 7.42. The molecule has 1 atom stereocenters. The fourth-order valence-electron chi connectivity index (χ4n) is 3.41. The van der Waals surface area contributed by atoms with Gasteiger partial charge in [-0.1, -0.05) is 6.07 Å². The number of nitrogens with one attached hydrogen (secondary N) is 1. The molecule has 1 unspecified atom stereocenters. The van der Waals surface area contributed by atoms with Gasteiger partial charge in [0, 0.05) is 19.1 Å². The number of thiophene rings is 1. The van der Waals surface area contributed by atoms with Crippen LogP contribution in [0.5, 0.6) is 0 Å². The van der Waals surface area contributed by atoms with Gasteiger partial charge in [-0.15, -0.1) is 28.8 Å². The van der Waals surface area contributed by atoms with Crippen molar-refractivity contribution in [3.8, 4) is 16.4 Å². The molecule has 1 N–H and O–H groups in total. The summed E-state index contributed by atoms with van der Waals surface area (Å²) in [6.07, 6.45) is 1.96. The fraction of sp³-hybridized carbons (Fsp3) is 0.316. The average molecular weight is 422 g/mol. The molecule has 0 spiro atoms. The number of hydrogen-bond acceptors (Lipinski definition) is 5. The summed E-state index contributed by atoms with van der Waals surface area (Å²) in [5.74, 6) is 0.279. The van der Waals surface area contributed by atoms with Crippen LogP contribution in [-0.4, -0.2) is 51.8 Å². The Bertz CT molecular complexity index is 928. The molecule has 1 saturated heterocycles. The fourth-order valence-corrected chi connectivity index (χ4v) is 4.11. The second-order valence-electron chi connectivity index (χ2n) is 6.48. The van der Waals surface area contributed by atoms with Crippen molar-refractivity contribution in [2.75, 3.05) is 20.1 Å². The van der Waals surface area contributed by atoms with Crippen LogP contribution in [0.1, 0.15) is 23.5 Å². The lowest BCUT2D eigenvalue weighted by Gasteiger charge is -2.23. The number of halogens is 2. The number of nitrogens with zero attached hydrogens (tertiary/aromatic N) is 4. The third-order valence-corrected chi connectivity index (χ3v) is 5.55. The third-order valence-electron chi connectivity index (χ3n) is 4.69. The summed E-state index contributed by atoms with van der Waals surface area (Å²) in [4.78, 5) is 20.4. The Morgan fingerprint density at radius 3 is 2.79 bits per heavy atom. The zero-order valence-corrected chi connectivity index (χ0v) is 17.0. The number of likely N-dealkylation sites (N-methyl/N-ethyl adjacent to an activating group) is 1. The number of rotatable bonds is 5. The molecule has 0 radical (unpaired) electrons. The van der Waals surface area contributed by atoms with Crippen molar-refractivity contribution >= 4 is 29.7 Å². The number of amides is 1. The van der Waals surface area contributed by atoms with Gasteiger partial charge in [0.1, 0.15) is 5.82 Å². The number of likely N-dealkylation sites (tertiary alicyclic amines) is 1. The van der Waals surface area contributed by atoms with E-state index in [-0.39, 0.29) is 36.0 Å². The highest BCUT2D eigenvalue weighted by Gasteiger charge is 2.32. The zero-order valence-electron chi connectivity index (χ0n) is 15.3. The first-order chi connectivity index (χ1) is 13.2. The molecule has 3 aromatic rings. The van der Waals surface area contributed by atoms with Crippen LogP contribution in [0.15, 0.2) is 41.8 Å². The van der Waals surface area contributed by atoms with E-state index in [1.54, 1.807) is 16.8 Å². The zero-order chi connectivity index (χ0) is 18.8. The summed E-state index contributed by atoms with van der Waals surface area (Å²) in [6, 6.07) is 10.0. The van der Waals surface area contributed by atoms with Gasteiger partial charge in [0.15, 0.2) is 5.82 Å². The molecular weight excluding hydrogens is 401 g/mol. The normalized spacial score (nSPS) is 16.2. The summed E-state index contributed by atoms with van der Waals surface area (Å²) >= 11 is 1.52. The van der Waals surface area contributed by atoms with Crippen molar-refractivity contribution in [2.24, 2.45) is 0 Å². The highest BCUT2D eigenvalue weighted by molar-refractivity contribution is 7.13. The first-order valence-electron chi connectivity index (χ1n) is 8.90. The van der Waals surface area contributed by atoms with Crippen LogP contribution in [0, 0.1) is 5.82 Å².